The van der Waals surface area contributed by atoms with Gasteiger partial charge in [-0.15, -0.1) is 0 Å². The molecule has 3 amide bonds. The number of hydrogen-bond acceptors (Lipinski definition) is 7. The van der Waals surface area contributed by atoms with E-state index >= 15 is 0 Å². The fraction of sp³-hybridized carbons (Fsp3) is 0.516. The summed E-state index contributed by atoms with van der Waals surface area (Å²) in [5, 5.41) is 18.3. The number of nitrogens with one attached hydrogen (secondary N) is 1. The number of pyridine rings is 1. The number of methoxy groups -OCH3 is 1. The van der Waals surface area contributed by atoms with Gasteiger partial charge in [-0.25, -0.2) is 9.80 Å². The molecule has 4 heterocycles. The molecule has 224 valence electrons. The largest absolute Gasteiger partial charge is 0.493 e. The Balaban J connectivity index is 1.35. The van der Waals surface area contributed by atoms with Crippen LogP contribution >= 0.6 is 0 Å². The maximum absolute atomic E-state index is 13.6. The number of piperidine rings is 1. The average Bonchev–Trinajstić information content (AvgIpc) is 3.28. The van der Waals surface area contributed by atoms with Crippen LogP contribution in [-0.2, 0) is 22.4 Å². The first-order chi connectivity index (χ1) is 19.9. The Morgan fingerprint density at radius 2 is 1.90 bits per heavy atom. The molecule has 3 aliphatic rings. The van der Waals surface area contributed by atoms with Crippen molar-refractivity contribution in [1.82, 2.24) is 20.2 Å². The van der Waals surface area contributed by atoms with Gasteiger partial charge in [0, 0.05) is 55.9 Å². The minimum absolute atomic E-state index is 0.0419. The van der Waals surface area contributed by atoms with Crippen molar-refractivity contribution in [3.63, 3.8) is 0 Å². The molecule has 11 nitrogen and oxygen atoms in total. The van der Waals surface area contributed by atoms with Crippen molar-refractivity contribution in [2.24, 2.45) is 10.5 Å². The molecule has 0 unspecified atom stereocenters. The minimum Gasteiger partial charge on any atom is -0.493 e. The molecule has 2 N–H and O–H groups in total. The number of amides is 3. The molecule has 5 rings (SSSR count). The van der Waals surface area contributed by atoms with E-state index in [0.29, 0.717) is 44.5 Å². The smallest absolute Gasteiger partial charge is 0.405 e. The highest BCUT2D eigenvalue weighted by Gasteiger charge is 2.44. The molecule has 0 radical (unpaired) electrons. The van der Waals surface area contributed by atoms with E-state index in [1.165, 1.54) is 0 Å². The van der Waals surface area contributed by atoms with Gasteiger partial charge in [-0.1, -0.05) is 19.9 Å². The summed E-state index contributed by atoms with van der Waals surface area (Å²) >= 11 is 0. The second kappa shape index (κ2) is 11.3. The van der Waals surface area contributed by atoms with Crippen LogP contribution in [0.25, 0.3) is 0 Å². The van der Waals surface area contributed by atoms with Gasteiger partial charge in [0.05, 0.1) is 24.3 Å². The molecule has 3 aliphatic heterocycles. The first kappa shape index (κ1) is 29.3. The number of rotatable bonds is 7. The Bertz CT molecular complexity index is 1400. The SMILES string of the molecule is COc1ccc(C2=NN(C3CCN(C(=O)[C@H](Cc4cccnc4)NC(=O)O)CC3)C(=O)C(C)(C)C2)c2c1OC(C)(C)C2. The molecular formula is C31H39N5O6. The highest BCUT2D eigenvalue weighted by atomic mass is 16.5. The molecule has 0 saturated carbocycles. The van der Waals surface area contributed by atoms with E-state index in [4.69, 9.17) is 14.6 Å². The van der Waals surface area contributed by atoms with Crippen LogP contribution in [0.1, 0.15) is 63.6 Å². The Morgan fingerprint density at radius 1 is 1.17 bits per heavy atom. The molecule has 42 heavy (non-hydrogen) atoms. The molecule has 1 saturated heterocycles. The minimum atomic E-state index is -1.26. The number of nitrogens with zero attached hydrogens (tertiary/aromatic N) is 4. The first-order valence-electron chi connectivity index (χ1n) is 14.4. The van der Waals surface area contributed by atoms with Gasteiger partial charge >= 0.3 is 6.09 Å². The van der Waals surface area contributed by atoms with E-state index in [9.17, 15) is 19.5 Å². The van der Waals surface area contributed by atoms with E-state index < -0.39 is 17.6 Å². The number of hydrogen-bond donors (Lipinski definition) is 2. The van der Waals surface area contributed by atoms with Gasteiger partial charge in [-0.05, 0) is 50.5 Å². The second-order valence-corrected chi connectivity index (χ2v) is 12.5. The lowest BCUT2D eigenvalue weighted by atomic mass is 9.80. The van der Waals surface area contributed by atoms with Crippen molar-refractivity contribution in [2.45, 2.75) is 77.5 Å². The quantitative estimate of drug-likeness (QED) is 0.513. The molecule has 11 heteroatoms. The fourth-order valence-corrected chi connectivity index (χ4v) is 6.13. The maximum atomic E-state index is 13.6. The Labute approximate surface area is 245 Å². The van der Waals surface area contributed by atoms with Crippen LogP contribution in [0.3, 0.4) is 0 Å². The zero-order valence-corrected chi connectivity index (χ0v) is 24.8. The van der Waals surface area contributed by atoms with Crippen LogP contribution in [0, 0.1) is 5.41 Å². The van der Waals surface area contributed by atoms with Crippen molar-refractivity contribution >= 4 is 23.6 Å². The standard InChI is InChI=1S/C31H39N5O6/c1-30(2)17-24(21-8-9-25(41-5)26-22(21)16-31(3,4)42-26)34-36(28(30)38)20-10-13-35(14-11-20)27(37)23(33-29(39)40)15-19-7-6-12-32-18-19/h6-9,12,18,20,23,33H,10-11,13-17H2,1-5H3,(H,39,40)/t23-/m0/s1. The maximum Gasteiger partial charge on any atom is 0.405 e. The van der Waals surface area contributed by atoms with Crippen molar-refractivity contribution in [2.75, 3.05) is 20.2 Å². The molecule has 1 atom stereocenters. The summed E-state index contributed by atoms with van der Waals surface area (Å²) in [6, 6.07) is 6.36. The zero-order chi connectivity index (χ0) is 30.2. The van der Waals surface area contributed by atoms with Gasteiger partial charge in [0.1, 0.15) is 11.6 Å². The van der Waals surface area contributed by atoms with E-state index in [1.54, 1.807) is 35.5 Å². The summed E-state index contributed by atoms with van der Waals surface area (Å²) in [5.74, 6) is 1.08. The molecule has 2 aromatic rings. The third kappa shape index (κ3) is 5.91. The van der Waals surface area contributed by atoms with E-state index in [1.807, 2.05) is 45.9 Å². The van der Waals surface area contributed by atoms with Gasteiger partial charge in [-0.2, -0.15) is 5.10 Å². The number of fused-ring (bicyclic) bond motifs is 1. The van der Waals surface area contributed by atoms with E-state index in [-0.39, 0.29) is 29.9 Å². The number of carboxylic acid groups (broad SMARTS) is 1. The molecule has 1 fully saturated rings. The number of carbonyl (C=O) groups excluding carboxylic acids is 2. The normalized spacial score (nSPS) is 20.3. The third-order valence-electron chi connectivity index (χ3n) is 8.24. The summed E-state index contributed by atoms with van der Waals surface area (Å²) in [6.45, 7) is 8.76. The van der Waals surface area contributed by atoms with Crippen molar-refractivity contribution < 1.29 is 29.0 Å². The fourth-order valence-electron chi connectivity index (χ4n) is 6.13. The number of aromatic nitrogens is 1. The van der Waals surface area contributed by atoms with Gasteiger partial charge in [0.2, 0.25) is 11.8 Å². The summed E-state index contributed by atoms with van der Waals surface area (Å²) in [5.41, 5.74) is 2.56. The molecule has 0 aliphatic carbocycles. The number of likely N-dealkylation sites (tertiary alicyclic amines) is 1. The summed E-state index contributed by atoms with van der Waals surface area (Å²) in [7, 11) is 1.63. The molecule has 0 spiro atoms. The van der Waals surface area contributed by atoms with Crippen LogP contribution in [0.2, 0.25) is 0 Å². The van der Waals surface area contributed by atoms with Crippen LogP contribution in [-0.4, -0.2) is 81.5 Å². The first-order valence-corrected chi connectivity index (χ1v) is 14.4. The van der Waals surface area contributed by atoms with Gasteiger partial charge in [-0.3, -0.25) is 14.6 Å². The zero-order valence-electron chi connectivity index (χ0n) is 24.8. The van der Waals surface area contributed by atoms with Crippen LogP contribution < -0.4 is 14.8 Å². The van der Waals surface area contributed by atoms with Gasteiger partial charge in [0.15, 0.2) is 11.5 Å². The Kier molecular flexibility index (Phi) is 7.87. The summed E-state index contributed by atoms with van der Waals surface area (Å²) in [6.07, 6.45) is 4.47. The number of hydrazone groups is 1. The van der Waals surface area contributed by atoms with Crippen molar-refractivity contribution in [3.8, 4) is 11.5 Å². The third-order valence-corrected chi connectivity index (χ3v) is 8.24. The lowest BCUT2D eigenvalue weighted by molar-refractivity contribution is -0.145. The molecule has 0 bridgehead atoms. The van der Waals surface area contributed by atoms with Crippen LogP contribution in [0.15, 0.2) is 41.8 Å². The Morgan fingerprint density at radius 3 is 2.55 bits per heavy atom. The summed E-state index contributed by atoms with van der Waals surface area (Å²) < 4.78 is 11.8. The molecular weight excluding hydrogens is 538 g/mol. The molecule has 1 aromatic carbocycles. The van der Waals surface area contributed by atoms with Crippen LogP contribution in [0.5, 0.6) is 11.5 Å². The average molecular weight is 578 g/mol. The lowest BCUT2D eigenvalue weighted by Crippen LogP contribution is -2.55. The highest BCUT2D eigenvalue weighted by molar-refractivity contribution is 6.07. The van der Waals surface area contributed by atoms with E-state index in [0.717, 1.165) is 28.2 Å². The number of benzene rings is 1. The van der Waals surface area contributed by atoms with E-state index in [2.05, 4.69) is 10.3 Å². The Hall–Kier alpha value is -4.15. The predicted molar refractivity (Wildman–Crippen MR) is 156 cm³/mol. The van der Waals surface area contributed by atoms with Gasteiger partial charge in [0.25, 0.3) is 0 Å². The van der Waals surface area contributed by atoms with Crippen molar-refractivity contribution in [1.29, 1.82) is 0 Å². The summed E-state index contributed by atoms with van der Waals surface area (Å²) in [4.78, 5) is 44.2. The topological polar surface area (TPSA) is 134 Å². The predicted octanol–water partition coefficient (Wildman–Crippen LogP) is 3.64. The lowest BCUT2D eigenvalue weighted by Gasteiger charge is -2.42. The van der Waals surface area contributed by atoms with Crippen molar-refractivity contribution in [3.05, 3.63) is 53.3 Å². The van der Waals surface area contributed by atoms with Crippen LogP contribution in [0.4, 0.5) is 4.79 Å². The number of carbonyl (C=O) groups is 3. The highest BCUT2D eigenvalue weighted by Crippen LogP contribution is 2.45. The second-order valence-electron chi connectivity index (χ2n) is 12.5. The number of ether oxygens (including phenoxy) is 2. The molecule has 1 aromatic heterocycles. The monoisotopic (exact) mass is 577 g/mol. The van der Waals surface area contributed by atoms with Gasteiger partial charge < -0.3 is 24.8 Å².